The van der Waals surface area contributed by atoms with Gasteiger partial charge in [-0.1, -0.05) is 68.8 Å². The zero-order valence-corrected chi connectivity index (χ0v) is 20.5. The van der Waals surface area contributed by atoms with Crippen molar-refractivity contribution in [3.63, 3.8) is 0 Å². The average molecular weight is 479 g/mol. The lowest BCUT2D eigenvalue weighted by molar-refractivity contribution is -0.149. The molecular weight excluding hydrogens is 444 g/mol. The number of fused-ring (bicyclic) bond motifs is 3. The van der Waals surface area contributed by atoms with E-state index in [9.17, 15) is 19.5 Å². The summed E-state index contributed by atoms with van der Waals surface area (Å²) in [5, 5.41) is 12.5. The van der Waals surface area contributed by atoms with Gasteiger partial charge in [-0.15, -0.1) is 0 Å². The lowest BCUT2D eigenvalue weighted by Gasteiger charge is -2.25. The van der Waals surface area contributed by atoms with Crippen LogP contribution >= 0.6 is 0 Å². The third kappa shape index (κ3) is 5.04. The van der Waals surface area contributed by atoms with Crippen molar-refractivity contribution in [2.45, 2.75) is 57.9 Å². The molecule has 4 rings (SSSR count). The highest BCUT2D eigenvalue weighted by Crippen LogP contribution is 2.44. The van der Waals surface area contributed by atoms with Crippen molar-refractivity contribution in [3.05, 3.63) is 59.7 Å². The maximum atomic E-state index is 12.9. The van der Waals surface area contributed by atoms with E-state index < -0.39 is 17.5 Å². The van der Waals surface area contributed by atoms with E-state index in [1.165, 1.54) is 11.1 Å². The number of carbonyl (C=O) groups is 3. The number of alkyl carbamates (subject to hydrolysis) is 1. The number of carboxylic acid groups (broad SMARTS) is 1. The van der Waals surface area contributed by atoms with Crippen LogP contribution in [-0.4, -0.2) is 53.7 Å². The summed E-state index contributed by atoms with van der Waals surface area (Å²) >= 11 is 0. The summed E-state index contributed by atoms with van der Waals surface area (Å²) in [6, 6.07) is 16.0. The van der Waals surface area contributed by atoms with Gasteiger partial charge in [0, 0.05) is 31.5 Å². The van der Waals surface area contributed by atoms with Crippen molar-refractivity contribution in [2.75, 3.05) is 19.7 Å². The number of nitrogens with one attached hydrogen (secondary N) is 1. The van der Waals surface area contributed by atoms with Crippen LogP contribution in [0.4, 0.5) is 4.79 Å². The van der Waals surface area contributed by atoms with Gasteiger partial charge in [0.05, 0.1) is 5.41 Å². The Balaban J connectivity index is 1.33. The molecule has 2 aromatic rings. The number of aliphatic carboxylic acids is 1. The Morgan fingerprint density at radius 1 is 1.09 bits per heavy atom. The van der Waals surface area contributed by atoms with E-state index in [2.05, 4.69) is 29.6 Å². The third-order valence-electron chi connectivity index (χ3n) is 7.47. The van der Waals surface area contributed by atoms with E-state index in [1.54, 1.807) is 4.90 Å². The van der Waals surface area contributed by atoms with Crippen molar-refractivity contribution in [1.29, 1.82) is 0 Å². The molecule has 2 N–H and O–H groups in total. The molecule has 1 saturated heterocycles. The summed E-state index contributed by atoms with van der Waals surface area (Å²) in [7, 11) is 0. The van der Waals surface area contributed by atoms with Crippen LogP contribution in [0.2, 0.25) is 0 Å². The van der Waals surface area contributed by atoms with Gasteiger partial charge in [-0.05, 0) is 41.5 Å². The molecule has 0 spiro atoms. The number of hydrogen-bond donors (Lipinski definition) is 2. The molecule has 0 bridgehead atoms. The molecule has 0 saturated carbocycles. The van der Waals surface area contributed by atoms with E-state index in [4.69, 9.17) is 4.74 Å². The van der Waals surface area contributed by atoms with Gasteiger partial charge < -0.3 is 20.1 Å². The topological polar surface area (TPSA) is 95.9 Å². The predicted molar refractivity (Wildman–Crippen MR) is 133 cm³/mol. The highest BCUT2D eigenvalue weighted by Gasteiger charge is 2.45. The number of amides is 2. The van der Waals surface area contributed by atoms with Gasteiger partial charge in [-0.2, -0.15) is 0 Å². The fraction of sp³-hybridized carbons (Fsp3) is 0.464. The molecule has 186 valence electrons. The summed E-state index contributed by atoms with van der Waals surface area (Å²) in [5.41, 5.74) is 3.77. The van der Waals surface area contributed by atoms with Crippen LogP contribution in [0.15, 0.2) is 48.5 Å². The Morgan fingerprint density at radius 3 is 2.29 bits per heavy atom. The number of likely N-dealkylation sites (tertiary alicyclic amines) is 1. The lowest BCUT2D eigenvalue weighted by Crippen LogP contribution is -2.42. The van der Waals surface area contributed by atoms with Crippen molar-refractivity contribution >= 4 is 18.0 Å². The van der Waals surface area contributed by atoms with Crippen LogP contribution in [0.3, 0.4) is 0 Å². The van der Waals surface area contributed by atoms with Gasteiger partial charge in [-0.3, -0.25) is 9.59 Å². The largest absolute Gasteiger partial charge is 0.481 e. The monoisotopic (exact) mass is 478 g/mol. The smallest absolute Gasteiger partial charge is 0.407 e. The SMILES string of the molecule is CCCC1(C(=O)O)CCN(C(=O)C[C@@H](CC)NC(=O)OCC2c3ccccc3-c3ccccc32)C1. The zero-order valence-electron chi connectivity index (χ0n) is 20.5. The van der Waals surface area contributed by atoms with Crippen LogP contribution < -0.4 is 5.32 Å². The Kier molecular flexibility index (Phi) is 7.43. The minimum Gasteiger partial charge on any atom is -0.481 e. The summed E-state index contributed by atoms with van der Waals surface area (Å²) in [4.78, 5) is 39.0. The lowest BCUT2D eigenvalue weighted by atomic mass is 9.83. The van der Waals surface area contributed by atoms with E-state index in [1.807, 2.05) is 38.1 Å². The molecule has 1 heterocycles. The predicted octanol–water partition coefficient (Wildman–Crippen LogP) is 4.80. The maximum Gasteiger partial charge on any atom is 0.407 e. The van der Waals surface area contributed by atoms with Gasteiger partial charge >= 0.3 is 12.1 Å². The molecule has 2 amide bonds. The fourth-order valence-electron chi connectivity index (χ4n) is 5.49. The highest BCUT2D eigenvalue weighted by molar-refractivity contribution is 5.82. The molecular formula is C28H34N2O5. The number of nitrogens with zero attached hydrogens (tertiary/aromatic N) is 1. The minimum atomic E-state index is -0.855. The maximum absolute atomic E-state index is 12.9. The Morgan fingerprint density at radius 2 is 1.71 bits per heavy atom. The van der Waals surface area contributed by atoms with Crippen molar-refractivity contribution in [2.24, 2.45) is 5.41 Å². The van der Waals surface area contributed by atoms with Gasteiger partial charge in [0.15, 0.2) is 0 Å². The number of carbonyl (C=O) groups excluding carboxylic acids is 2. The first-order valence-corrected chi connectivity index (χ1v) is 12.5. The molecule has 2 aliphatic rings. The van der Waals surface area contributed by atoms with Crippen LogP contribution in [-0.2, 0) is 14.3 Å². The summed E-state index contributed by atoms with van der Waals surface area (Å²) in [6.07, 6.45) is 1.94. The number of benzene rings is 2. The third-order valence-corrected chi connectivity index (χ3v) is 7.47. The van der Waals surface area contributed by atoms with E-state index in [0.717, 1.165) is 17.5 Å². The quantitative estimate of drug-likeness (QED) is 0.540. The van der Waals surface area contributed by atoms with E-state index in [-0.39, 0.29) is 37.4 Å². The van der Waals surface area contributed by atoms with Gasteiger partial charge in [0.1, 0.15) is 6.61 Å². The van der Waals surface area contributed by atoms with Crippen LogP contribution in [0.25, 0.3) is 11.1 Å². The normalized spacial score (nSPS) is 19.7. The van der Waals surface area contributed by atoms with Gasteiger partial charge in [0.2, 0.25) is 5.91 Å². The summed E-state index contributed by atoms with van der Waals surface area (Å²) < 4.78 is 5.62. The van der Waals surface area contributed by atoms with Crippen molar-refractivity contribution < 1.29 is 24.2 Å². The second kappa shape index (κ2) is 10.5. The summed E-state index contributed by atoms with van der Waals surface area (Å²) in [5.74, 6) is -0.990. The average Bonchev–Trinajstić information content (AvgIpc) is 3.43. The van der Waals surface area contributed by atoms with E-state index in [0.29, 0.717) is 25.8 Å². The van der Waals surface area contributed by atoms with Crippen LogP contribution in [0, 0.1) is 5.41 Å². The molecule has 35 heavy (non-hydrogen) atoms. The number of hydrogen-bond acceptors (Lipinski definition) is 4. The van der Waals surface area contributed by atoms with Gasteiger partial charge in [-0.25, -0.2) is 4.79 Å². The van der Waals surface area contributed by atoms with Crippen molar-refractivity contribution in [1.82, 2.24) is 10.2 Å². The molecule has 1 aliphatic carbocycles. The molecule has 7 heteroatoms. The zero-order chi connectivity index (χ0) is 25.0. The first kappa shape index (κ1) is 24.8. The standard InChI is InChI=1S/C28H34N2O5/c1-3-13-28(26(32)33)14-15-30(18-28)25(31)16-19(4-2)29-27(34)35-17-24-22-11-7-5-9-20(22)21-10-6-8-12-23(21)24/h5-12,19,24H,3-4,13-18H2,1-2H3,(H,29,34)(H,32,33)/t19-,28?/m1/s1. The molecule has 1 unspecified atom stereocenters. The molecule has 1 fully saturated rings. The van der Waals surface area contributed by atoms with Crippen LogP contribution in [0.5, 0.6) is 0 Å². The molecule has 2 atom stereocenters. The number of ether oxygens (including phenoxy) is 1. The molecule has 7 nitrogen and oxygen atoms in total. The first-order chi connectivity index (χ1) is 16.9. The number of carboxylic acids is 1. The molecule has 2 aromatic carbocycles. The Bertz CT molecular complexity index is 1050. The number of rotatable bonds is 9. The van der Waals surface area contributed by atoms with Crippen LogP contribution in [0.1, 0.15) is 63.0 Å². The Labute approximate surface area is 206 Å². The first-order valence-electron chi connectivity index (χ1n) is 12.5. The van der Waals surface area contributed by atoms with Gasteiger partial charge in [0.25, 0.3) is 0 Å². The van der Waals surface area contributed by atoms with E-state index >= 15 is 0 Å². The fourth-order valence-corrected chi connectivity index (χ4v) is 5.49. The second-order valence-corrected chi connectivity index (χ2v) is 9.68. The Hall–Kier alpha value is -3.35. The molecule has 0 aromatic heterocycles. The summed E-state index contributed by atoms with van der Waals surface area (Å²) in [6.45, 7) is 4.75. The second-order valence-electron chi connectivity index (χ2n) is 9.68. The highest BCUT2D eigenvalue weighted by atomic mass is 16.5. The van der Waals surface area contributed by atoms with Crippen molar-refractivity contribution in [3.8, 4) is 11.1 Å². The molecule has 0 radical (unpaired) electrons. The molecule has 1 aliphatic heterocycles. The minimum absolute atomic E-state index is 0.0258.